The van der Waals surface area contributed by atoms with E-state index in [9.17, 15) is 47.9 Å². The normalized spacial score (nSPS) is 7.73. The molecule has 0 radical (unpaired) electrons. The molecule has 0 saturated carbocycles. The number of carbonyl (C=O) groups excluding carboxylic acids is 10. The Kier molecular flexibility index (Phi) is 37.3. The van der Waals surface area contributed by atoms with Crippen LogP contribution in [0.1, 0.15) is 0 Å². The van der Waals surface area contributed by atoms with Crippen molar-refractivity contribution >= 4 is 59.1 Å². The zero-order valence-electron chi connectivity index (χ0n) is 19.3. The van der Waals surface area contributed by atoms with Crippen LogP contribution in [0.2, 0.25) is 0 Å². The van der Waals surface area contributed by atoms with Crippen molar-refractivity contribution in [3.63, 3.8) is 0 Å². The third kappa shape index (κ3) is 72.4. The molecular weight excluding hydrogens is 510 g/mol. The molecule has 10 amide bonds. The minimum atomic E-state index is -1.10. The molecule has 0 saturated heterocycles. The Hall–Kier alpha value is -5.42. The molecule has 0 fully saturated rings. The lowest BCUT2D eigenvalue weighted by atomic mass is 10.6. The van der Waals surface area contributed by atoms with Gasteiger partial charge in [-0.25, -0.2) is 0 Å². The van der Waals surface area contributed by atoms with Gasteiger partial charge in [0.05, 0.1) is 0 Å². The molecule has 0 rings (SSSR count). The summed E-state index contributed by atoms with van der Waals surface area (Å²) in [4.78, 5) is 94.5. The van der Waals surface area contributed by atoms with Gasteiger partial charge in [0.25, 0.3) is 0 Å². The second-order valence-electron chi connectivity index (χ2n) is 4.97. The maximum absolute atomic E-state index is 9.45. The van der Waals surface area contributed by atoms with Gasteiger partial charge in [0.2, 0.25) is 0 Å². The van der Waals surface area contributed by atoms with Gasteiger partial charge in [-0.1, -0.05) is 0 Å². The van der Waals surface area contributed by atoms with Crippen molar-refractivity contribution in [1.29, 1.82) is 0 Å². The number of nitrogens with one attached hydrogen (secondary N) is 1. The molecule has 23 nitrogen and oxygen atoms in total. The van der Waals surface area contributed by atoms with Gasteiger partial charge in [-0.05, 0) is 0 Å². The Balaban J connectivity index is -0.0000000780. The van der Waals surface area contributed by atoms with Crippen LogP contribution in [0.3, 0.4) is 0 Å². The quantitative estimate of drug-likeness (QED) is 0.116. The zero-order chi connectivity index (χ0) is 31.3. The average molecular weight is 543 g/mol. The van der Waals surface area contributed by atoms with Crippen LogP contribution in [0.4, 0.5) is 0 Å². The van der Waals surface area contributed by atoms with Crippen LogP contribution in [0.15, 0.2) is 0 Å². The van der Waals surface area contributed by atoms with Crippen molar-refractivity contribution in [2.75, 3.05) is 26.2 Å². The lowest BCUT2D eigenvalue weighted by Crippen LogP contribution is -2.29. The lowest BCUT2D eigenvalue weighted by Gasteiger charge is -1.95. The fourth-order valence-electron chi connectivity index (χ4n) is 0.329. The SMILES string of the molecule is NC(=O)C(N)=O.NC(=O)C(N)=O.NC(=O)C(N)=O.NC(=O)C(N)=O.NC(=O)C(N)=O.NCCNCCN. The predicted octanol–water partition coefficient (Wildman–Crippen LogP) is -11.7. The van der Waals surface area contributed by atoms with Crippen molar-refractivity contribution in [2.45, 2.75) is 0 Å². The van der Waals surface area contributed by atoms with Gasteiger partial charge in [0.1, 0.15) is 0 Å². The first-order valence-corrected chi connectivity index (χ1v) is 8.70. The van der Waals surface area contributed by atoms with E-state index in [0.29, 0.717) is 13.1 Å². The average Bonchev–Trinajstić information content (AvgIpc) is 2.76. The number of rotatable bonds is 4. The Labute approximate surface area is 208 Å². The summed E-state index contributed by atoms with van der Waals surface area (Å²) in [7, 11) is 0. The summed E-state index contributed by atoms with van der Waals surface area (Å²) in [6.45, 7) is 3.13. The van der Waals surface area contributed by atoms with Crippen LogP contribution in [0.25, 0.3) is 0 Å². The largest absolute Gasteiger partial charge is 0.361 e. The number of nitrogens with two attached hydrogens (primary N) is 12. The van der Waals surface area contributed by atoms with Crippen LogP contribution < -0.4 is 74.1 Å². The maximum Gasteiger partial charge on any atom is 0.306 e. The van der Waals surface area contributed by atoms with Gasteiger partial charge in [0.15, 0.2) is 0 Å². The number of carbonyl (C=O) groups is 10. The molecule has 0 aromatic rings. The van der Waals surface area contributed by atoms with Crippen LogP contribution in [0.5, 0.6) is 0 Å². The van der Waals surface area contributed by atoms with Crippen LogP contribution in [-0.2, 0) is 47.9 Å². The Bertz CT molecular complexity index is 598. The van der Waals surface area contributed by atoms with E-state index >= 15 is 0 Å². The molecular formula is C14H33N13O10. The number of hydrogen-bond donors (Lipinski definition) is 13. The van der Waals surface area contributed by atoms with E-state index < -0.39 is 59.1 Å². The van der Waals surface area contributed by atoms with E-state index in [-0.39, 0.29) is 0 Å². The molecule has 214 valence electrons. The van der Waals surface area contributed by atoms with Crippen molar-refractivity contribution in [3.8, 4) is 0 Å². The Morgan fingerprint density at radius 3 is 0.486 bits per heavy atom. The molecule has 37 heavy (non-hydrogen) atoms. The van der Waals surface area contributed by atoms with Crippen molar-refractivity contribution in [1.82, 2.24) is 5.32 Å². The number of primary amides is 10. The summed E-state index contributed by atoms with van der Waals surface area (Å²) in [6.07, 6.45) is 0. The molecule has 0 aliphatic carbocycles. The highest BCUT2D eigenvalue weighted by atomic mass is 16.2. The summed E-state index contributed by atoms with van der Waals surface area (Å²) in [6, 6.07) is 0. The minimum Gasteiger partial charge on any atom is -0.361 e. The second kappa shape index (κ2) is 30.6. The van der Waals surface area contributed by atoms with E-state index in [4.69, 9.17) is 11.5 Å². The molecule has 0 aromatic carbocycles. The summed E-state index contributed by atoms with van der Waals surface area (Å²) in [5, 5.41) is 3.03. The van der Waals surface area contributed by atoms with Crippen molar-refractivity contribution in [2.24, 2.45) is 68.8 Å². The molecule has 0 aliphatic rings. The highest BCUT2D eigenvalue weighted by Crippen LogP contribution is 1.49. The maximum atomic E-state index is 9.45. The first-order chi connectivity index (χ1) is 16.6. The first kappa shape index (κ1) is 45.1. The van der Waals surface area contributed by atoms with E-state index in [1.165, 1.54) is 0 Å². The topological polar surface area (TPSA) is 495 Å². The highest BCUT2D eigenvalue weighted by Gasteiger charge is 1.98. The predicted molar refractivity (Wildman–Crippen MR) is 123 cm³/mol. The van der Waals surface area contributed by atoms with Gasteiger partial charge in [-0.2, -0.15) is 0 Å². The summed E-state index contributed by atoms with van der Waals surface area (Å²) in [5.74, 6) is -11.0. The molecule has 0 atom stereocenters. The number of hydrogen-bond acceptors (Lipinski definition) is 13. The van der Waals surface area contributed by atoms with Crippen molar-refractivity contribution < 1.29 is 47.9 Å². The van der Waals surface area contributed by atoms with Gasteiger partial charge in [-0.3, -0.25) is 47.9 Å². The molecule has 0 unspecified atom stereocenters. The monoisotopic (exact) mass is 543 g/mol. The molecule has 25 N–H and O–H groups in total. The van der Waals surface area contributed by atoms with Crippen LogP contribution >= 0.6 is 0 Å². The molecule has 0 heterocycles. The zero-order valence-corrected chi connectivity index (χ0v) is 19.3. The summed E-state index contributed by atoms with van der Waals surface area (Å²) < 4.78 is 0. The standard InChI is InChI=1S/C4H13N3.5C2H4N2O2/c5-1-3-7-4-2-6;5*3-1(5)2(4)6/h7H,1-6H2;5*(H2,3,5)(H2,4,6). The fourth-order valence-corrected chi connectivity index (χ4v) is 0.329. The highest BCUT2D eigenvalue weighted by molar-refractivity contribution is 6.35. The smallest absolute Gasteiger partial charge is 0.306 e. The first-order valence-electron chi connectivity index (χ1n) is 8.70. The van der Waals surface area contributed by atoms with Gasteiger partial charge in [-0.15, -0.1) is 0 Å². The minimum absolute atomic E-state index is 0.694. The third-order valence-electron chi connectivity index (χ3n) is 1.86. The summed E-state index contributed by atoms with van der Waals surface area (Å²) in [5.41, 5.74) is 53.5. The molecule has 23 heteroatoms. The lowest BCUT2D eigenvalue weighted by molar-refractivity contribution is -0.135. The van der Waals surface area contributed by atoms with E-state index in [0.717, 1.165) is 13.1 Å². The molecule has 0 aromatic heterocycles. The Morgan fingerprint density at radius 1 is 0.324 bits per heavy atom. The second-order valence-corrected chi connectivity index (χ2v) is 4.97. The van der Waals surface area contributed by atoms with E-state index in [1.54, 1.807) is 0 Å². The van der Waals surface area contributed by atoms with Gasteiger partial charge >= 0.3 is 59.1 Å². The van der Waals surface area contributed by atoms with Crippen LogP contribution in [0, 0.1) is 0 Å². The van der Waals surface area contributed by atoms with Gasteiger partial charge < -0.3 is 74.1 Å². The van der Waals surface area contributed by atoms with Crippen molar-refractivity contribution in [3.05, 3.63) is 0 Å². The summed E-state index contributed by atoms with van der Waals surface area (Å²) >= 11 is 0. The molecule has 0 aliphatic heterocycles. The fraction of sp³-hybridized carbons (Fsp3) is 0.286. The van der Waals surface area contributed by atoms with Gasteiger partial charge in [0, 0.05) is 26.2 Å². The van der Waals surface area contributed by atoms with E-state index in [1.807, 2.05) is 0 Å². The van der Waals surface area contributed by atoms with Crippen LogP contribution in [-0.4, -0.2) is 85.3 Å². The Morgan fingerprint density at radius 2 is 0.432 bits per heavy atom. The molecule has 0 bridgehead atoms. The molecule has 0 spiro atoms. The van der Waals surface area contributed by atoms with E-state index in [2.05, 4.69) is 62.7 Å². The number of amides is 10. The third-order valence-corrected chi connectivity index (χ3v) is 1.86.